The average Bonchev–Trinajstić information content (AvgIpc) is 3.52. The number of carbonyl (C=O) groups excluding carboxylic acids is 2. The summed E-state index contributed by atoms with van der Waals surface area (Å²) >= 11 is 1.52. The highest BCUT2D eigenvalue weighted by Gasteiger charge is 2.39. The molecular weight excluding hydrogens is 440 g/mol. The van der Waals surface area contributed by atoms with Crippen molar-refractivity contribution in [2.24, 2.45) is 5.92 Å². The van der Waals surface area contributed by atoms with Crippen LogP contribution in [0.4, 0.5) is 0 Å². The van der Waals surface area contributed by atoms with E-state index in [1.54, 1.807) is 24.3 Å². The number of nitrogens with one attached hydrogen (secondary N) is 1. The van der Waals surface area contributed by atoms with Gasteiger partial charge in [-0.3, -0.25) is 9.59 Å². The molecule has 1 N–H and O–H groups in total. The molecule has 0 unspecified atom stereocenters. The molecule has 2 atom stereocenters. The van der Waals surface area contributed by atoms with Crippen LogP contribution < -0.4 is 14.8 Å². The lowest BCUT2D eigenvalue weighted by Gasteiger charge is -2.34. The number of furan rings is 1. The van der Waals surface area contributed by atoms with Crippen molar-refractivity contribution in [2.75, 3.05) is 13.2 Å². The molecule has 33 heavy (non-hydrogen) atoms. The molecular formula is C25H28N2O5S. The van der Waals surface area contributed by atoms with Crippen LogP contribution in [0.5, 0.6) is 11.5 Å². The van der Waals surface area contributed by atoms with Crippen LogP contribution in [0, 0.1) is 5.92 Å². The Bertz CT molecular complexity index is 1050. The van der Waals surface area contributed by atoms with Gasteiger partial charge in [0.1, 0.15) is 12.4 Å². The van der Waals surface area contributed by atoms with Gasteiger partial charge in [0.05, 0.1) is 12.8 Å². The summed E-state index contributed by atoms with van der Waals surface area (Å²) in [7, 11) is 0. The van der Waals surface area contributed by atoms with Crippen LogP contribution in [-0.2, 0) is 16.1 Å². The maximum Gasteiger partial charge on any atom is 0.268 e. The van der Waals surface area contributed by atoms with Gasteiger partial charge in [0.25, 0.3) is 11.8 Å². The third-order valence-electron chi connectivity index (χ3n) is 5.37. The van der Waals surface area contributed by atoms with Crippen LogP contribution in [0.3, 0.4) is 0 Å². The summed E-state index contributed by atoms with van der Waals surface area (Å²) in [6.45, 7) is 5.03. The molecule has 174 valence electrons. The van der Waals surface area contributed by atoms with E-state index < -0.39 is 12.1 Å². The Balaban J connectivity index is 1.62. The van der Waals surface area contributed by atoms with E-state index in [9.17, 15) is 9.59 Å². The third kappa shape index (κ3) is 5.57. The molecule has 8 heteroatoms. The Labute approximate surface area is 197 Å². The highest BCUT2D eigenvalue weighted by Crippen LogP contribution is 2.33. The molecule has 3 heterocycles. The normalized spacial score (nSPS) is 15.8. The fourth-order valence-corrected chi connectivity index (χ4v) is 4.35. The van der Waals surface area contributed by atoms with Crippen molar-refractivity contribution in [2.45, 2.75) is 39.0 Å². The molecule has 0 saturated carbocycles. The first-order chi connectivity index (χ1) is 16.0. The van der Waals surface area contributed by atoms with Crippen molar-refractivity contribution in [3.63, 3.8) is 0 Å². The van der Waals surface area contributed by atoms with Crippen molar-refractivity contribution in [3.05, 3.63) is 70.8 Å². The van der Waals surface area contributed by atoms with E-state index >= 15 is 0 Å². The minimum atomic E-state index is -0.928. The number of amides is 2. The Kier molecular flexibility index (Phi) is 7.34. The van der Waals surface area contributed by atoms with E-state index in [1.165, 1.54) is 22.5 Å². The SMILES string of the molecule is CC(C)CCNC(=O)[C@H](c1ccco1)N(Cc1cccs1)C(=O)[C@H]1COc2ccccc2O1. The van der Waals surface area contributed by atoms with Gasteiger partial charge in [-0.25, -0.2) is 0 Å². The van der Waals surface area contributed by atoms with Crippen molar-refractivity contribution >= 4 is 23.2 Å². The lowest BCUT2D eigenvalue weighted by atomic mass is 10.1. The first-order valence-corrected chi connectivity index (χ1v) is 11.9. The van der Waals surface area contributed by atoms with Crippen LogP contribution in [0.2, 0.25) is 0 Å². The number of rotatable bonds is 9. The van der Waals surface area contributed by atoms with Crippen LogP contribution in [0.15, 0.2) is 64.6 Å². The number of nitrogens with zero attached hydrogens (tertiary/aromatic N) is 1. The predicted molar refractivity (Wildman–Crippen MR) is 125 cm³/mol. The molecule has 2 aromatic heterocycles. The largest absolute Gasteiger partial charge is 0.485 e. The quantitative estimate of drug-likeness (QED) is 0.503. The first kappa shape index (κ1) is 22.9. The van der Waals surface area contributed by atoms with E-state index in [1.807, 2.05) is 29.6 Å². The lowest BCUT2D eigenvalue weighted by Crippen LogP contribution is -2.50. The number of para-hydroxylation sites is 2. The van der Waals surface area contributed by atoms with E-state index in [0.29, 0.717) is 29.7 Å². The van der Waals surface area contributed by atoms with Gasteiger partial charge in [0.2, 0.25) is 6.10 Å². The van der Waals surface area contributed by atoms with Gasteiger partial charge >= 0.3 is 0 Å². The Hall–Kier alpha value is -3.26. The molecule has 1 aliphatic heterocycles. The zero-order valence-corrected chi connectivity index (χ0v) is 19.5. The zero-order valence-electron chi connectivity index (χ0n) is 18.7. The van der Waals surface area contributed by atoms with Gasteiger partial charge in [-0.2, -0.15) is 0 Å². The predicted octanol–water partition coefficient (Wildman–Crippen LogP) is 4.41. The summed E-state index contributed by atoms with van der Waals surface area (Å²) in [6.07, 6.45) is 1.47. The highest BCUT2D eigenvalue weighted by molar-refractivity contribution is 7.09. The standard InChI is InChI=1S/C25H28N2O5S/c1-17(2)11-12-26-24(28)23(21-10-5-13-30-21)27(15-18-7-6-14-33-18)25(29)22-16-31-19-8-3-4-9-20(19)32-22/h3-10,13-14,17,22-23H,11-12,15-16H2,1-2H3,(H,26,28)/t22-,23+/m1/s1. The van der Waals surface area contributed by atoms with Crippen molar-refractivity contribution in [1.29, 1.82) is 0 Å². The molecule has 0 radical (unpaired) electrons. The molecule has 0 spiro atoms. The number of thiophene rings is 1. The second kappa shape index (κ2) is 10.6. The van der Waals surface area contributed by atoms with Crippen LogP contribution >= 0.6 is 11.3 Å². The van der Waals surface area contributed by atoms with Gasteiger partial charge in [0.15, 0.2) is 17.5 Å². The maximum absolute atomic E-state index is 13.8. The molecule has 4 rings (SSSR count). The summed E-state index contributed by atoms with van der Waals surface area (Å²) in [6, 6.07) is 13.6. The first-order valence-electron chi connectivity index (χ1n) is 11.1. The second-order valence-corrected chi connectivity index (χ2v) is 9.33. The second-order valence-electron chi connectivity index (χ2n) is 8.30. The lowest BCUT2D eigenvalue weighted by molar-refractivity contribution is -0.149. The molecule has 2 amide bonds. The monoisotopic (exact) mass is 468 g/mol. The zero-order chi connectivity index (χ0) is 23.2. The number of benzene rings is 1. The fraction of sp³-hybridized carbons (Fsp3) is 0.360. The number of hydrogen-bond acceptors (Lipinski definition) is 6. The summed E-state index contributed by atoms with van der Waals surface area (Å²) < 4.78 is 17.4. The molecule has 0 fully saturated rings. The summed E-state index contributed by atoms with van der Waals surface area (Å²) in [4.78, 5) is 29.6. The molecule has 7 nitrogen and oxygen atoms in total. The Morgan fingerprint density at radius 3 is 2.64 bits per heavy atom. The van der Waals surface area contributed by atoms with E-state index in [0.717, 1.165) is 11.3 Å². The van der Waals surface area contributed by atoms with Gasteiger partial charge in [0, 0.05) is 11.4 Å². The maximum atomic E-state index is 13.8. The summed E-state index contributed by atoms with van der Waals surface area (Å²) in [5.41, 5.74) is 0. The molecule has 0 saturated heterocycles. The Morgan fingerprint density at radius 2 is 1.94 bits per heavy atom. The number of carbonyl (C=O) groups is 2. The minimum absolute atomic E-state index is 0.0661. The fourth-order valence-electron chi connectivity index (χ4n) is 3.64. The smallest absolute Gasteiger partial charge is 0.268 e. The van der Waals surface area contributed by atoms with Gasteiger partial charge in [-0.05, 0) is 48.1 Å². The number of hydrogen-bond donors (Lipinski definition) is 1. The Morgan fingerprint density at radius 1 is 1.12 bits per heavy atom. The van der Waals surface area contributed by atoms with E-state index in [2.05, 4.69) is 19.2 Å². The topological polar surface area (TPSA) is 81.0 Å². The number of fused-ring (bicyclic) bond motifs is 1. The van der Waals surface area contributed by atoms with Crippen LogP contribution in [0.1, 0.15) is 36.9 Å². The van der Waals surface area contributed by atoms with E-state index in [4.69, 9.17) is 13.9 Å². The molecule has 0 bridgehead atoms. The van der Waals surface area contributed by atoms with Crippen molar-refractivity contribution in [3.8, 4) is 11.5 Å². The molecule has 3 aromatic rings. The number of ether oxygens (including phenoxy) is 2. The van der Waals surface area contributed by atoms with Crippen LogP contribution in [-0.4, -0.2) is 36.0 Å². The molecule has 1 aromatic carbocycles. The van der Waals surface area contributed by atoms with E-state index in [-0.39, 0.29) is 25.0 Å². The molecule has 0 aliphatic carbocycles. The minimum Gasteiger partial charge on any atom is -0.485 e. The van der Waals surface area contributed by atoms with Crippen molar-refractivity contribution < 1.29 is 23.5 Å². The summed E-state index contributed by atoms with van der Waals surface area (Å²) in [5, 5.41) is 4.92. The average molecular weight is 469 g/mol. The third-order valence-corrected chi connectivity index (χ3v) is 6.23. The van der Waals surface area contributed by atoms with Gasteiger partial charge in [-0.1, -0.05) is 32.0 Å². The van der Waals surface area contributed by atoms with Gasteiger partial charge in [-0.15, -0.1) is 11.3 Å². The van der Waals surface area contributed by atoms with Crippen LogP contribution in [0.25, 0.3) is 0 Å². The summed E-state index contributed by atoms with van der Waals surface area (Å²) in [5.74, 6) is 1.34. The van der Waals surface area contributed by atoms with Gasteiger partial charge < -0.3 is 24.1 Å². The van der Waals surface area contributed by atoms with Crippen molar-refractivity contribution in [1.82, 2.24) is 10.2 Å². The molecule has 1 aliphatic rings. The highest BCUT2D eigenvalue weighted by atomic mass is 32.1.